The second-order valence-corrected chi connectivity index (χ2v) is 8.57. The predicted molar refractivity (Wildman–Crippen MR) is 131 cm³/mol. The first kappa shape index (κ1) is 23.7. The molecule has 0 radical (unpaired) electrons. The highest BCUT2D eigenvalue weighted by Gasteiger charge is 2.21. The molecule has 0 saturated carbocycles. The van der Waals surface area contributed by atoms with Crippen molar-refractivity contribution in [2.45, 2.75) is 6.42 Å². The van der Waals surface area contributed by atoms with Crippen molar-refractivity contribution in [3.63, 3.8) is 0 Å². The van der Waals surface area contributed by atoms with E-state index in [9.17, 15) is 14.0 Å². The number of amides is 2. The monoisotopic (exact) mass is 491 g/mol. The van der Waals surface area contributed by atoms with Crippen molar-refractivity contribution in [3.8, 4) is 22.5 Å². The number of halogens is 1. The van der Waals surface area contributed by atoms with E-state index in [0.717, 1.165) is 23.4 Å². The van der Waals surface area contributed by atoms with E-state index in [1.54, 1.807) is 41.4 Å². The average molecular weight is 492 g/mol. The zero-order valence-corrected chi connectivity index (χ0v) is 19.6. The van der Waals surface area contributed by atoms with E-state index in [1.807, 2.05) is 0 Å². The number of aromatic nitrogens is 2. The molecule has 4 heterocycles. The summed E-state index contributed by atoms with van der Waals surface area (Å²) < 4.78 is 20.1. The third-order valence-electron chi connectivity index (χ3n) is 6.22. The average Bonchev–Trinajstić information content (AvgIpc) is 3.35. The van der Waals surface area contributed by atoms with Crippen LogP contribution in [-0.2, 0) is 20.8 Å². The van der Waals surface area contributed by atoms with Crippen LogP contribution in [0.2, 0.25) is 0 Å². The number of hydrogen-bond acceptors (Lipinski definition) is 6. The molecule has 2 aromatic heterocycles. The molecule has 0 spiro atoms. The minimum atomic E-state index is -0.440. The van der Waals surface area contributed by atoms with Crippen LogP contribution in [0.15, 0.2) is 49.2 Å². The van der Waals surface area contributed by atoms with Gasteiger partial charge in [0.25, 0.3) is 11.8 Å². The quantitative estimate of drug-likeness (QED) is 0.439. The highest BCUT2D eigenvalue weighted by molar-refractivity contribution is 5.97. The van der Waals surface area contributed by atoms with Crippen LogP contribution >= 0.6 is 0 Å². The normalized spacial score (nSPS) is 15.2. The first-order valence-electron chi connectivity index (χ1n) is 11.7. The number of ether oxygens (including phenoxy) is 1. The lowest BCUT2D eigenvalue weighted by atomic mass is 10.0. The number of morpholine rings is 1. The molecule has 10 heteroatoms. The van der Waals surface area contributed by atoms with Crippen molar-refractivity contribution in [2.75, 3.05) is 39.5 Å². The maximum atomic E-state index is 14.8. The van der Waals surface area contributed by atoms with Gasteiger partial charge in [-0.3, -0.25) is 24.9 Å². The molecule has 2 aliphatic heterocycles. The van der Waals surface area contributed by atoms with Gasteiger partial charge in [-0.25, -0.2) is 4.39 Å². The fourth-order valence-electron chi connectivity index (χ4n) is 4.25. The summed E-state index contributed by atoms with van der Waals surface area (Å²) in [5.41, 5.74) is 7.42. The Bertz CT molecular complexity index is 1320. The maximum Gasteiger partial charge on any atom is 0.253 e. The predicted octanol–water partition coefficient (Wildman–Crippen LogP) is 2.52. The number of carbonyl (C=O) groups excluding carboxylic acids is 2. The summed E-state index contributed by atoms with van der Waals surface area (Å²) in [4.78, 5) is 39.0. The van der Waals surface area contributed by atoms with Gasteiger partial charge in [-0.05, 0) is 36.4 Å². The number of benzene rings is 1. The van der Waals surface area contributed by atoms with E-state index in [-0.39, 0.29) is 24.0 Å². The van der Waals surface area contributed by atoms with E-state index < -0.39 is 5.82 Å². The van der Waals surface area contributed by atoms with Crippen molar-refractivity contribution >= 4 is 17.5 Å². The van der Waals surface area contributed by atoms with Crippen LogP contribution in [0.1, 0.15) is 21.6 Å². The van der Waals surface area contributed by atoms with Crippen LogP contribution < -0.4 is 10.8 Å². The minimum Gasteiger partial charge on any atom is -0.378 e. The fraction of sp³-hybridized carbons (Fsp3) is 0.269. The van der Waals surface area contributed by atoms with Gasteiger partial charge < -0.3 is 19.9 Å². The molecule has 2 aliphatic rings. The Labute approximate surface area is 207 Å². The maximum absolute atomic E-state index is 14.8. The molecule has 1 aromatic carbocycles. The topological polar surface area (TPSA) is 109 Å². The molecule has 186 valence electrons. The number of hydrogen-bond donors (Lipinski definition) is 3. The lowest BCUT2D eigenvalue weighted by molar-refractivity contribution is -0.141. The number of nitrogens with zero attached hydrogens (tertiary/aromatic N) is 2. The van der Waals surface area contributed by atoms with Crippen LogP contribution in [0, 0.1) is 5.82 Å². The molecule has 9 nitrogen and oxygen atoms in total. The summed E-state index contributed by atoms with van der Waals surface area (Å²) in [5, 5.41) is 2.83. The van der Waals surface area contributed by atoms with Gasteiger partial charge >= 0.3 is 0 Å². The van der Waals surface area contributed by atoms with Crippen LogP contribution in [0.5, 0.6) is 0 Å². The van der Waals surface area contributed by atoms with E-state index in [0.29, 0.717) is 55.4 Å². The van der Waals surface area contributed by atoms with Gasteiger partial charge in [-0.1, -0.05) is 6.58 Å². The largest absolute Gasteiger partial charge is 0.378 e. The summed E-state index contributed by atoms with van der Waals surface area (Å²) >= 11 is 0. The highest BCUT2D eigenvalue weighted by Crippen LogP contribution is 2.29. The zero-order chi connectivity index (χ0) is 25.1. The van der Waals surface area contributed by atoms with E-state index >= 15 is 0 Å². The molecule has 0 atom stereocenters. The van der Waals surface area contributed by atoms with Gasteiger partial charge in [0.2, 0.25) is 0 Å². The second-order valence-electron chi connectivity index (χ2n) is 8.57. The van der Waals surface area contributed by atoms with Crippen LogP contribution in [0.4, 0.5) is 4.39 Å². The molecule has 5 rings (SSSR count). The number of fused-ring (bicyclic) bond motifs is 1. The van der Waals surface area contributed by atoms with E-state index in [1.165, 1.54) is 6.07 Å². The standard InChI is InChI=1S/C26H26FN5O4/c1-16(31-36-15-25(33)32-8-10-35-11-9-32)17-2-3-21(27)19(12-17)24-13-18(4-6-28-24)23-14-20-22(30-23)5-7-29-26(20)34/h2-4,6,12-14,30-31H,1,5,7-11,15H2,(H,29,34). The molecule has 1 saturated heterocycles. The van der Waals surface area contributed by atoms with Gasteiger partial charge in [-0.15, -0.1) is 0 Å². The summed E-state index contributed by atoms with van der Waals surface area (Å²) in [6.07, 6.45) is 2.33. The Hall–Kier alpha value is -4.02. The van der Waals surface area contributed by atoms with Crippen molar-refractivity contribution in [3.05, 3.63) is 71.8 Å². The molecule has 36 heavy (non-hydrogen) atoms. The molecule has 3 N–H and O–H groups in total. The van der Waals surface area contributed by atoms with E-state index in [2.05, 4.69) is 27.3 Å². The number of pyridine rings is 1. The number of rotatable bonds is 7. The number of carbonyl (C=O) groups is 2. The highest BCUT2D eigenvalue weighted by atomic mass is 19.1. The number of hydroxylamine groups is 1. The van der Waals surface area contributed by atoms with Gasteiger partial charge in [0, 0.05) is 60.3 Å². The number of H-pyrrole nitrogens is 1. The summed E-state index contributed by atoms with van der Waals surface area (Å²) in [6, 6.07) is 9.91. The molecule has 3 aromatic rings. The summed E-state index contributed by atoms with van der Waals surface area (Å²) in [5.74, 6) is -0.695. The third kappa shape index (κ3) is 5.00. The Kier molecular flexibility index (Phi) is 6.79. The molecule has 2 amide bonds. The fourth-order valence-corrected chi connectivity index (χ4v) is 4.25. The zero-order valence-electron chi connectivity index (χ0n) is 19.6. The van der Waals surface area contributed by atoms with Gasteiger partial charge in [0.15, 0.2) is 6.61 Å². The molecule has 0 unspecified atom stereocenters. The van der Waals surface area contributed by atoms with Crippen molar-refractivity contribution in [2.24, 2.45) is 0 Å². The van der Waals surface area contributed by atoms with Gasteiger partial charge in [0.1, 0.15) is 5.82 Å². The lowest BCUT2D eigenvalue weighted by Crippen LogP contribution is -2.43. The second kappa shape index (κ2) is 10.3. The Balaban J connectivity index is 1.30. The first-order chi connectivity index (χ1) is 17.5. The molecular weight excluding hydrogens is 465 g/mol. The minimum absolute atomic E-state index is 0.105. The lowest BCUT2D eigenvalue weighted by Gasteiger charge is -2.26. The summed E-state index contributed by atoms with van der Waals surface area (Å²) in [7, 11) is 0. The number of nitrogens with one attached hydrogen (secondary N) is 3. The number of aromatic amines is 1. The van der Waals surface area contributed by atoms with Crippen molar-refractivity contribution < 1.29 is 23.6 Å². The Morgan fingerprint density at radius 3 is 2.83 bits per heavy atom. The first-order valence-corrected chi connectivity index (χ1v) is 11.7. The molecule has 0 bridgehead atoms. The third-order valence-corrected chi connectivity index (χ3v) is 6.22. The van der Waals surface area contributed by atoms with Gasteiger partial charge in [0.05, 0.1) is 30.2 Å². The van der Waals surface area contributed by atoms with Crippen LogP contribution in [0.25, 0.3) is 28.2 Å². The smallest absolute Gasteiger partial charge is 0.253 e. The van der Waals surface area contributed by atoms with Gasteiger partial charge in [-0.2, -0.15) is 0 Å². The molecular formula is C26H26FN5O4. The van der Waals surface area contributed by atoms with Crippen molar-refractivity contribution in [1.82, 2.24) is 25.7 Å². The van der Waals surface area contributed by atoms with E-state index in [4.69, 9.17) is 9.57 Å². The molecule has 0 aliphatic carbocycles. The van der Waals surface area contributed by atoms with Crippen LogP contribution in [0.3, 0.4) is 0 Å². The summed E-state index contributed by atoms with van der Waals surface area (Å²) in [6.45, 7) is 6.48. The van der Waals surface area contributed by atoms with Crippen LogP contribution in [-0.4, -0.2) is 66.1 Å². The molecule has 1 fully saturated rings. The van der Waals surface area contributed by atoms with Crippen molar-refractivity contribution in [1.29, 1.82) is 0 Å². The Morgan fingerprint density at radius 2 is 2.03 bits per heavy atom. The SMILES string of the molecule is C=C(NOCC(=O)N1CCOCC1)c1ccc(F)c(-c2cc(-c3cc4c([nH]3)CCNC4=O)ccn2)c1. The Morgan fingerprint density at radius 1 is 1.19 bits per heavy atom.